The van der Waals surface area contributed by atoms with Gasteiger partial charge >= 0.3 is 0 Å². The molecule has 4 rings (SSSR count). The van der Waals surface area contributed by atoms with Crippen LogP contribution in [0.5, 0.6) is 0 Å². The monoisotopic (exact) mass is 418 g/mol. The SMILES string of the molecule is Cc1ccc(CNC(=O)Cn2nc(C)c3sc(-c4ccccc4)nc3c2=O)cc1C. The summed E-state index contributed by atoms with van der Waals surface area (Å²) in [7, 11) is 0. The minimum atomic E-state index is -0.352. The van der Waals surface area contributed by atoms with Gasteiger partial charge in [0.15, 0.2) is 5.52 Å². The summed E-state index contributed by atoms with van der Waals surface area (Å²) in [5.41, 5.74) is 5.05. The van der Waals surface area contributed by atoms with E-state index in [9.17, 15) is 9.59 Å². The van der Waals surface area contributed by atoms with Crippen molar-refractivity contribution in [1.29, 1.82) is 0 Å². The summed E-state index contributed by atoms with van der Waals surface area (Å²) in [6, 6.07) is 15.8. The van der Waals surface area contributed by atoms with E-state index in [1.165, 1.54) is 27.1 Å². The Hall–Kier alpha value is -3.32. The number of nitrogens with zero attached hydrogens (tertiary/aromatic N) is 3. The van der Waals surface area contributed by atoms with E-state index in [1.807, 2.05) is 56.3 Å². The van der Waals surface area contributed by atoms with Gasteiger partial charge in [0.1, 0.15) is 11.6 Å². The minimum absolute atomic E-state index is 0.140. The molecule has 0 aliphatic rings. The fraction of sp³-hybridized carbons (Fsp3) is 0.217. The summed E-state index contributed by atoms with van der Waals surface area (Å²) >= 11 is 1.44. The van der Waals surface area contributed by atoms with Crippen molar-refractivity contribution in [2.45, 2.75) is 33.9 Å². The standard InChI is InChI=1S/C23H22N4O2S/c1-14-9-10-17(11-15(14)2)12-24-19(28)13-27-23(29)20-21(16(3)26-27)30-22(25-20)18-7-5-4-6-8-18/h4-11H,12-13H2,1-3H3,(H,24,28). The fourth-order valence-corrected chi connectivity index (χ4v) is 4.22. The lowest BCUT2D eigenvalue weighted by Crippen LogP contribution is -2.33. The highest BCUT2D eigenvalue weighted by molar-refractivity contribution is 7.21. The molecule has 0 unspecified atom stereocenters. The lowest BCUT2D eigenvalue weighted by atomic mass is 10.1. The minimum Gasteiger partial charge on any atom is -0.350 e. The number of benzene rings is 2. The molecule has 0 atom stereocenters. The molecule has 0 spiro atoms. The summed E-state index contributed by atoms with van der Waals surface area (Å²) in [5, 5.41) is 7.97. The Bertz CT molecular complexity index is 1290. The molecule has 0 aliphatic carbocycles. The first-order valence-corrected chi connectivity index (χ1v) is 10.5. The van der Waals surface area contributed by atoms with E-state index in [0.717, 1.165) is 20.8 Å². The highest BCUT2D eigenvalue weighted by Crippen LogP contribution is 2.29. The van der Waals surface area contributed by atoms with Crippen molar-refractivity contribution in [2.24, 2.45) is 0 Å². The number of amides is 1. The van der Waals surface area contributed by atoms with E-state index in [1.54, 1.807) is 0 Å². The molecule has 7 heteroatoms. The first kappa shape index (κ1) is 20.0. The van der Waals surface area contributed by atoms with E-state index in [4.69, 9.17) is 0 Å². The number of fused-ring (bicyclic) bond motifs is 1. The van der Waals surface area contributed by atoms with Gasteiger partial charge < -0.3 is 5.32 Å². The van der Waals surface area contributed by atoms with Crippen LogP contribution < -0.4 is 10.9 Å². The van der Waals surface area contributed by atoms with E-state index < -0.39 is 0 Å². The lowest BCUT2D eigenvalue weighted by molar-refractivity contribution is -0.122. The zero-order valence-corrected chi connectivity index (χ0v) is 17.9. The average molecular weight is 419 g/mol. The molecule has 0 saturated heterocycles. The second-order valence-electron chi connectivity index (χ2n) is 7.31. The smallest absolute Gasteiger partial charge is 0.294 e. The highest BCUT2D eigenvalue weighted by Gasteiger charge is 2.16. The Labute approximate surface area is 178 Å². The van der Waals surface area contributed by atoms with Crippen molar-refractivity contribution in [1.82, 2.24) is 20.1 Å². The van der Waals surface area contributed by atoms with Gasteiger partial charge in [0.25, 0.3) is 5.56 Å². The quantitative estimate of drug-likeness (QED) is 0.535. The normalized spacial score (nSPS) is 11.0. The second kappa shape index (κ2) is 8.20. The average Bonchev–Trinajstić information content (AvgIpc) is 3.20. The molecule has 2 heterocycles. The number of hydrogen-bond donors (Lipinski definition) is 1. The Morgan fingerprint density at radius 3 is 2.57 bits per heavy atom. The van der Waals surface area contributed by atoms with Gasteiger partial charge in [0, 0.05) is 12.1 Å². The van der Waals surface area contributed by atoms with Crippen LogP contribution in [0, 0.1) is 20.8 Å². The van der Waals surface area contributed by atoms with Gasteiger partial charge in [-0.2, -0.15) is 5.10 Å². The predicted octanol–water partition coefficient (Wildman–Crippen LogP) is 3.76. The molecular weight excluding hydrogens is 396 g/mol. The number of hydrogen-bond acceptors (Lipinski definition) is 5. The molecule has 6 nitrogen and oxygen atoms in total. The summed E-state index contributed by atoms with van der Waals surface area (Å²) in [4.78, 5) is 29.9. The Kier molecular flexibility index (Phi) is 5.46. The van der Waals surface area contributed by atoms with Gasteiger partial charge in [0.2, 0.25) is 5.91 Å². The number of aryl methyl sites for hydroxylation is 3. The summed E-state index contributed by atoms with van der Waals surface area (Å²) in [6.07, 6.45) is 0. The van der Waals surface area contributed by atoms with Crippen molar-refractivity contribution in [3.8, 4) is 10.6 Å². The molecule has 0 fully saturated rings. The van der Waals surface area contributed by atoms with Crippen LogP contribution >= 0.6 is 11.3 Å². The first-order chi connectivity index (χ1) is 14.4. The van der Waals surface area contributed by atoms with Crippen LogP contribution in [0.15, 0.2) is 53.3 Å². The highest BCUT2D eigenvalue weighted by atomic mass is 32.1. The van der Waals surface area contributed by atoms with E-state index in [2.05, 4.69) is 28.4 Å². The largest absolute Gasteiger partial charge is 0.350 e. The predicted molar refractivity (Wildman–Crippen MR) is 120 cm³/mol. The fourth-order valence-electron chi connectivity index (χ4n) is 3.22. The maximum atomic E-state index is 12.9. The van der Waals surface area contributed by atoms with Crippen molar-refractivity contribution in [2.75, 3.05) is 0 Å². The van der Waals surface area contributed by atoms with Crippen LogP contribution in [0.2, 0.25) is 0 Å². The molecule has 1 N–H and O–H groups in total. The van der Waals surface area contributed by atoms with Gasteiger partial charge in [-0.15, -0.1) is 11.3 Å². The molecule has 2 aromatic heterocycles. The topological polar surface area (TPSA) is 76.9 Å². The van der Waals surface area contributed by atoms with Crippen molar-refractivity contribution in [3.05, 3.63) is 81.3 Å². The maximum Gasteiger partial charge on any atom is 0.294 e. The van der Waals surface area contributed by atoms with E-state index in [-0.39, 0.29) is 18.0 Å². The molecule has 30 heavy (non-hydrogen) atoms. The van der Waals surface area contributed by atoms with Crippen molar-refractivity contribution >= 4 is 27.5 Å². The summed E-state index contributed by atoms with van der Waals surface area (Å²) < 4.78 is 1.95. The number of aromatic nitrogens is 3. The zero-order chi connectivity index (χ0) is 21.3. The van der Waals surface area contributed by atoms with Crippen LogP contribution in [-0.2, 0) is 17.9 Å². The molecule has 2 aromatic carbocycles. The van der Waals surface area contributed by atoms with E-state index in [0.29, 0.717) is 17.8 Å². The first-order valence-electron chi connectivity index (χ1n) is 9.69. The maximum absolute atomic E-state index is 12.9. The molecule has 0 saturated carbocycles. The Morgan fingerprint density at radius 1 is 1.07 bits per heavy atom. The van der Waals surface area contributed by atoms with Crippen LogP contribution in [0.25, 0.3) is 20.8 Å². The van der Waals surface area contributed by atoms with Crippen LogP contribution in [0.1, 0.15) is 22.4 Å². The number of carbonyl (C=O) groups excluding carboxylic acids is 1. The Morgan fingerprint density at radius 2 is 1.83 bits per heavy atom. The third kappa shape index (κ3) is 4.02. The molecule has 152 valence electrons. The summed E-state index contributed by atoms with van der Waals surface area (Å²) in [6.45, 7) is 6.19. The van der Waals surface area contributed by atoms with Crippen LogP contribution in [0.3, 0.4) is 0 Å². The molecule has 1 amide bonds. The van der Waals surface area contributed by atoms with Gasteiger partial charge in [-0.25, -0.2) is 9.67 Å². The Balaban J connectivity index is 1.55. The van der Waals surface area contributed by atoms with Gasteiger partial charge in [-0.3, -0.25) is 9.59 Å². The van der Waals surface area contributed by atoms with Gasteiger partial charge in [0.05, 0.1) is 10.4 Å². The third-order valence-corrected chi connectivity index (χ3v) is 6.25. The number of rotatable bonds is 5. The van der Waals surface area contributed by atoms with E-state index >= 15 is 0 Å². The number of carbonyl (C=O) groups is 1. The molecular formula is C23H22N4O2S. The third-order valence-electron chi connectivity index (χ3n) is 5.04. The summed E-state index contributed by atoms with van der Waals surface area (Å²) in [5.74, 6) is -0.264. The van der Waals surface area contributed by atoms with Gasteiger partial charge in [-0.05, 0) is 37.5 Å². The van der Waals surface area contributed by atoms with Crippen LogP contribution in [-0.4, -0.2) is 20.7 Å². The van der Waals surface area contributed by atoms with Crippen molar-refractivity contribution < 1.29 is 4.79 Å². The number of thiazole rings is 1. The van der Waals surface area contributed by atoms with Crippen LogP contribution in [0.4, 0.5) is 0 Å². The zero-order valence-electron chi connectivity index (χ0n) is 17.1. The molecule has 4 aromatic rings. The lowest BCUT2D eigenvalue weighted by Gasteiger charge is -2.09. The molecule has 0 aliphatic heterocycles. The van der Waals surface area contributed by atoms with Gasteiger partial charge in [-0.1, -0.05) is 48.5 Å². The second-order valence-corrected chi connectivity index (χ2v) is 8.31. The molecule has 0 bridgehead atoms. The van der Waals surface area contributed by atoms with Crippen molar-refractivity contribution in [3.63, 3.8) is 0 Å². The molecule has 0 radical (unpaired) electrons. The number of nitrogens with one attached hydrogen (secondary N) is 1.